The molecule has 0 amide bonds. The smallest absolute Gasteiger partial charge is 0.306 e. The number of hydrogen-bond donors (Lipinski definition) is 0. The minimum Gasteiger partial charge on any atom is -0.466 e. The summed E-state index contributed by atoms with van der Waals surface area (Å²) >= 11 is 1.57. The van der Waals surface area contributed by atoms with E-state index in [0.717, 1.165) is 20.7 Å². The molecule has 0 fully saturated rings. The van der Waals surface area contributed by atoms with Crippen LogP contribution in [0.15, 0.2) is 102 Å². The van der Waals surface area contributed by atoms with Gasteiger partial charge in [0.15, 0.2) is 11.6 Å². The quantitative estimate of drug-likeness (QED) is 0.147. The van der Waals surface area contributed by atoms with Crippen molar-refractivity contribution in [2.24, 2.45) is 5.41 Å². The van der Waals surface area contributed by atoms with E-state index in [-0.39, 0.29) is 51.3 Å². The summed E-state index contributed by atoms with van der Waals surface area (Å²) in [6.07, 6.45) is 4.32. The van der Waals surface area contributed by atoms with Crippen LogP contribution in [0.25, 0.3) is 22.2 Å². The predicted octanol–water partition coefficient (Wildman–Crippen LogP) is 9.89. The molecule has 6 aromatic rings. The molecule has 0 spiro atoms. The second-order valence-electron chi connectivity index (χ2n) is 15.0. The lowest BCUT2D eigenvalue weighted by atomic mass is 9.97. The highest BCUT2D eigenvalue weighted by Gasteiger charge is 2.27. The molecular formula is C44H45F2N3O6S2. The molecule has 2 bridgehead atoms. The van der Waals surface area contributed by atoms with Crippen molar-refractivity contribution < 1.29 is 36.2 Å². The molecule has 13 heteroatoms. The van der Waals surface area contributed by atoms with Gasteiger partial charge in [-0.25, -0.2) is 21.2 Å². The Bertz CT molecular complexity index is 2510. The Labute approximate surface area is 336 Å². The van der Waals surface area contributed by atoms with Gasteiger partial charge in [0.2, 0.25) is 0 Å². The molecule has 3 heterocycles. The summed E-state index contributed by atoms with van der Waals surface area (Å²) in [6, 6.07) is 22.9. The number of carbonyl (C=O) groups excluding carboxylic acids is 1. The first-order valence-corrected chi connectivity index (χ1v) is 21.5. The summed E-state index contributed by atoms with van der Waals surface area (Å²) in [7, 11) is -4.05. The predicted molar refractivity (Wildman–Crippen MR) is 218 cm³/mol. The number of hydrogen-bond acceptors (Lipinski definition) is 8. The van der Waals surface area contributed by atoms with Crippen LogP contribution in [0.1, 0.15) is 61.9 Å². The van der Waals surface area contributed by atoms with Crippen LogP contribution in [-0.4, -0.2) is 53.7 Å². The molecule has 9 nitrogen and oxygen atoms in total. The van der Waals surface area contributed by atoms with Crippen LogP contribution in [0.3, 0.4) is 0 Å². The molecule has 7 rings (SSSR count). The number of benzene rings is 4. The number of aromatic nitrogens is 3. The van der Waals surface area contributed by atoms with E-state index in [9.17, 15) is 13.2 Å². The van der Waals surface area contributed by atoms with Crippen LogP contribution in [0.4, 0.5) is 8.78 Å². The van der Waals surface area contributed by atoms with E-state index < -0.39 is 21.7 Å². The van der Waals surface area contributed by atoms with Crippen LogP contribution >= 0.6 is 11.8 Å². The molecule has 57 heavy (non-hydrogen) atoms. The fourth-order valence-corrected chi connectivity index (χ4v) is 9.67. The van der Waals surface area contributed by atoms with E-state index >= 15 is 8.78 Å². The summed E-state index contributed by atoms with van der Waals surface area (Å²) in [6.45, 7) is 8.99. The Kier molecular flexibility index (Phi) is 11.9. The minimum atomic E-state index is -4.05. The van der Waals surface area contributed by atoms with Gasteiger partial charge in [0, 0.05) is 59.5 Å². The Hall–Kier alpha value is -4.98. The second kappa shape index (κ2) is 16.9. The Balaban J connectivity index is 1.30. The van der Waals surface area contributed by atoms with Crippen molar-refractivity contribution in [3.63, 3.8) is 0 Å². The molecule has 0 saturated heterocycles. The molecule has 2 aromatic heterocycles. The number of carbonyl (C=O) groups is 1. The average Bonchev–Trinajstić information content (AvgIpc) is 3.84. The third-order valence-electron chi connectivity index (χ3n) is 9.97. The lowest BCUT2D eigenvalue weighted by molar-refractivity contribution is -0.143. The largest absolute Gasteiger partial charge is 0.466 e. The number of ether oxygens (including phenoxy) is 3. The fourth-order valence-electron chi connectivity index (χ4n) is 7.10. The maximum Gasteiger partial charge on any atom is 0.306 e. The zero-order chi connectivity index (χ0) is 40.3. The van der Waals surface area contributed by atoms with E-state index in [1.165, 1.54) is 42.6 Å². The molecule has 1 unspecified atom stereocenters. The normalized spacial score (nSPS) is 16.3. The molecule has 4 aromatic carbocycles. The highest BCUT2D eigenvalue weighted by Crippen LogP contribution is 2.41. The Morgan fingerprint density at radius 2 is 1.82 bits per heavy atom. The molecule has 298 valence electrons. The first kappa shape index (κ1) is 40.2. The number of aryl methyl sites for hydroxylation is 2. The van der Waals surface area contributed by atoms with Gasteiger partial charge in [0.05, 0.1) is 35.4 Å². The van der Waals surface area contributed by atoms with Gasteiger partial charge in [-0.2, -0.15) is 16.9 Å². The van der Waals surface area contributed by atoms with Gasteiger partial charge in [-0.3, -0.25) is 9.48 Å². The lowest BCUT2D eigenvalue weighted by Crippen LogP contribution is -2.24. The molecule has 0 radical (unpaired) electrons. The van der Waals surface area contributed by atoms with Crippen molar-refractivity contribution in [1.82, 2.24) is 13.8 Å². The van der Waals surface area contributed by atoms with Gasteiger partial charge >= 0.3 is 5.97 Å². The third kappa shape index (κ3) is 8.80. The molecular weight excluding hydrogens is 769 g/mol. The number of esters is 1. The van der Waals surface area contributed by atoms with E-state index in [0.29, 0.717) is 60.8 Å². The van der Waals surface area contributed by atoms with Crippen LogP contribution < -0.4 is 4.74 Å². The number of nitrogens with zero attached hydrogens (tertiary/aromatic N) is 3. The topological polar surface area (TPSA) is 102 Å². The van der Waals surface area contributed by atoms with Gasteiger partial charge in [-0.05, 0) is 85.7 Å². The van der Waals surface area contributed by atoms with Crippen molar-refractivity contribution in [1.29, 1.82) is 0 Å². The molecule has 1 aliphatic heterocycles. The van der Waals surface area contributed by atoms with Crippen LogP contribution in [0, 0.1) is 24.0 Å². The van der Waals surface area contributed by atoms with Crippen molar-refractivity contribution in [2.75, 3.05) is 25.6 Å². The highest BCUT2D eigenvalue weighted by molar-refractivity contribution is 7.98. The molecule has 1 atom stereocenters. The van der Waals surface area contributed by atoms with Crippen molar-refractivity contribution in [3.05, 3.63) is 131 Å². The van der Waals surface area contributed by atoms with Crippen molar-refractivity contribution in [2.45, 2.75) is 63.6 Å². The summed E-state index contributed by atoms with van der Waals surface area (Å²) in [5.74, 6) is -0.465. The third-order valence-corrected chi connectivity index (χ3v) is 13.2. The molecule has 0 aliphatic carbocycles. The van der Waals surface area contributed by atoms with Crippen LogP contribution in [0.2, 0.25) is 0 Å². The summed E-state index contributed by atoms with van der Waals surface area (Å²) in [4.78, 5) is 12.2. The molecule has 0 N–H and O–H groups in total. The monoisotopic (exact) mass is 813 g/mol. The van der Waals surface area contributed by atoms with E-state index in [1.807, 2.05) is 31.2 Å². The zero-order valence-corrected chi connectivity index (χ0v) is 34.0. The standard InChI is InChI=1S/C44H45F2N3O6S2/c1-5-54-42(50)16-11-30-7-6-8-31(23-30)39-19-22-53-27-44(3,4)28-56-26-36-34-18-21-48(57(51,52)33-13-9-29(2)10-14-33)41(34)25-38(46)43(36)55-32-12-15-37(45)35(24-32)40-17-20-47-49(39)40/h6-10,12-15,17-18,20-21,23-25,39H,5,11,16,19,22,26-28H2,1-4H3. The summed E-state index contributed by atoms with van der Waals surface area (Å²) in [5.41, 5.74) is 3.84. The Morgan fingerprint density at radius 3 is 2.61 bits per heavy atom. The SMILES string of the molecule is CCOC(=O)CCc1cccc(C2CCOCC(C)(C)CSCc3c(c(F)cc4c3ccn4S(=O)(=O)c3ccc(C)cc3)Oc3ccc(F)c(c3)-c3ccnn32)c1. The lowest BCUT2D eigenvalue weighted by Gasteiger charge is -2.26. The first-order valence-electron chi connectivity index (χ1n) is 18.9. The van der Waals surface area contributed by atoms with E-state index in [4.69, 9.17) is 14.2 Å². The molecule has 1 aliphatic rings. The van der Waals surface area contributed by atoms with Crippen LogP contribution in [0.5, 0.6) is 11.5 Å². The van der Waals surface area contributed by atoms with Gasteiger partial charge < -0.3 is 14.2 Å². The Morgan fingerprint density at radius 1 is 1.02 bits per heavy atom. The van der Waals surface area contributed by atoms with E-state index in [1.54, 1.807) is 53.8 Å². The van der Waals surface area contributed by atoms with Crippen molar-refractivity contribution in [3.8, 4) is 22.8 Å². The van der Waals surface area contributed by atoms with Gasteiger partial charge in [0.1, 0.15) is 11.6 Å². The maximum atomic E-state index is 16.5. The fraction of sp³-hybridized carbons (Fsp3) is 0.318. The van der Waals surface area contributed by atoms with Gasteiger partial charge in [-0.15, -0.1) is 0 Å². The highest BCUT2D eigenvalue weighted by atomic mass is 32.2. The van der Waals surface area contributed by atoms with E-state index in [2.05, 4.69) is 18.9 Å². The second-order valence-corrected chi connectivity index (χ2v) is 17.8. The summed E-state index contributed by atoms with van der Waals surface area (Å²) < 4.78 is 80.6. The van der Waals surface area contributed by atoms with Gasteiger partial charge in [-0.1, -0.05) is 55.8 Å². The maximum absolute atomic E-state index is 16.5. The van der Waals surface area contributed by atoms with Gasteiger partial charge in [0.25, 0.3) is 10.0 Å². The first-order chi connectivity index (χ1) is 27.3. The number of fused-ring (bicyclic) bond motifs is 7. The number of thioether (sulfide) groups is 1. The zero-order valence-electron chi connectivity index (χ0n) is 32.3. The number of halogens is 2. The van der Waals surface area contributed by atoms with Crippen LogP contribution in [-0.2, 0) is 36.5 Å². The average molecular weight is 814 g/mol. The number of rotatable bonds is 7. The minimum absolute atomic E-state index is 0.0672. The molecule has 0 saturated carbocycles. The summed E-state index contributed by atoms with van der Waals surface area (Å²) in [5, 5.41) is 5.20. The van der Waals surface area contributed by atoms with Crippen molar-refractivity contribution >= 4 is 38.7 Å².